The Morgan fingerprint density at radius 2 is 1.03 bits per heavy atom. The van der Waals surface area contributed by atoms with Gasteiger partial charge in [0.05, 0.1) is 24.2 Å². The van der Waals surface area contributed by atoms with E-state index in [0.29, 0.717) is 22.9 Å². The normalized spacial score (nSPS) is 12.1. The van der Waals surface area contributed by atoms with Crippen molar-refractivity contribution in [2.24, 2.45) is 0 Å². The van der Waals surface area contributed by atoms with Crippen LogP contribution in [0.2, 0.25) is 0 Å². The maximum Gasteiger partial charge on any atom is 0.416 e. The average Bonchev–Trinajstić information content (AvgIpc) is 3.12. The second-order valence-electron chi connectivity index (χ2n) is 6.23. The number of nitrogens with one attached hydrogen (secondary N) is 2. The van der Waals surface area contributed by atoms with Crippen molar-refractivity contribution < 1.29 is 30.8 Å². The lowest BCUT2D eigenvalue weighted by Crippen LogP contribution is -2.06. The van der Waals surface area contributed by atoms with Gasteiger partial charge in [0.2, 0.25) is 0 Å². The standard InChI is InChI=1S/C20H16F6N2O/c21-19(22,23)13-3-1-5-15(9-13)27-11-17-7-8-18(29-17)12-28-16-6-2-4-14(10-16)20(24,25)26/h1-10,27-28H,11-12H2. The van der Waals surface area contributed by atoms with Crippen LogP contribution in [0.25, 0.3) is 0 Å². The van der Waals surface area contributed by atoms with Gasteiger partial charge in [0.25, 0.3) is 0 Å². The van der Waals surface area contributed by atoms with Gasteiger partial charge in [-0.2, -0.15) is 26.3 Å². The number of rotatable bonds is 6. The molecule has 1 aromatic heterocycles. The number of hydrogen-bond acceptors (Lipinski definition) is 3. The summed E-state index contributed by atoms with van der Waals surface area (Å²) >= 11 is 0. The highest BCUT2D eigenvalue weighted by Crippen LogP contribution is 2.31. The summed E-state index contributed by atoms with van der Waals surface area (Å²) in [5, 5.41) is 5.69. The number of anilines is 2. The van der Waals surface area contributed by atoms with Crippen molar-refractivity contribution in [1.29, 1.82) is 0 Å². The van der Waals surface area contributed by atoms with Crippen molar-refractivity contribution in [3.63, 3.8) is 0 Å². The van der Waals surface area contributed by atoms with Gasteiger partial charge in [-0.1, -0.05) is 12.1 Å². The van der Waals surface area contributed by atoms with E-state index in [2.05, 4.69) is 10.6 Å². The lowest BCUT2D eigenvalue weighted by molar-refractivity contribution is -0.138. The minimum Gasteiger partial charge on any atom is -0.462 e. The van der Waals surface area contributed by atoms with Crippen LogP contribution >= 0.6 is 0 Å². The molecule has 0 aliphatic carbocycles. The molecule has 0 amide bonds. The van der Waals surface area contributed by atoms with E-state index in [1.807, 2.05) is 0 Å². The first-order valence-electron chi connectivity index (χ1n) is 8.51. The van der Waals surface area contributed by atoms with Gasteiger partial charge in [0.1, 0.15) is 11.5 Å². The molecule has 0 atom stereocenters. The summed E-state index contributed by atoms with van der Waals surface area (Å²) in [6, 6.07) is 12.9. The Morgan fingerprint density at radius 3 is 1.41 bits per heavy atom. The molecule has 0 saturated carbocycles. The van der Waals surface area contributed by atoms with Crippen LogP contribution < -0.4 is 10.6 Å². The van der Waals surface area contributed by atoms with Gasteiger partial charge in [-0.05, 0) is 48.5 Å². The number of halogens is 6. The summed E-state index contributed by atoms with van der Waals surface area (Å²) in [4.78, 5) is 0. The number of furan rings is 1. The van der Waals surface area contributed by atoms with Crippen LogP contribution in [0.1, 0.15) is 22.6 Å². The SMILES string of the molecule is FC(F)(F)c1cccc(NCc2ccc(CNc3cccc(C(F)(F)F)c3)o2)c1. The zero-order valence-electron chi connectivity index (χ0n) is 14.9. The Kier molecular flexibility index (Phi) is 5.76. The van der Waals surface area contributed by atoms with Crippen LogP contribution in [-0.4, -0.2) is 0 Å². The van der Waals surface area contributed by atoms with Crippen molar-refractivity contribution >= 4 is 11.4 Å². The molecule has 0 aliphatic heterocycles. The molecular formula is C20H16F6N2O. The fourth-order valence-corrected chi connectivity index (χ4v) is 2.60. The van der Waals surface area contributed by atoms with Crippen LogP contribution in [0.4, 0.5) is 37.7 Å². The second-order valence-corrected chi connectivity index (χ2v) is 6.23. The van der Waals surface area contributed by atoms with Gasteiger partial charge in [-0.25, -0.2) is 0 Å². The first kappa shape index (κ1) is 20.6. The van der Waals surface area contributed by atoms with E-state index in [1.165, 1.54) is 24.3 Å². The van der Waals surface area contributed by atoms with Gasteiger partial charge >= 0.3 is 12.4 Å². The van der Waals surface area contributed by atoms with Crippen LogP contribution in [-0.2, 0) is 25.4 Å². The number of alkyl halides is 6. The predicted octanol–water partition coefficient (Wildman–Crippen LogP) is 6.54. The van der Waals surface area contributed by atoms with Crippen molar-refractivity contribution in [3.05, 3.63) is 83.3 Å². The molecule has 0 unspecified atom stereocenters. The first-order chi connectivity index (χ1) is 13.6. The highest BCUT2D eigenvalue weighted by atomic mass is 19.4. The second kappa shape index (κ2) is 8.10. The van der Waals surface area contributed by atoms with Gasteiger partial charge in [0, 0.05) is 11.4 Å². The van der Waals surface area contributed by atoms with E-state index in [9.17, 15) is 26.3 Å². The summed E-state index contributed by atoms with van der Waals surface area (Å²) in [6.07, 6.45) is -8.85. The van der Waals surface area contributed by atoms with E-state index in [-0.39, 0.29) is 13.1 Å². The minimum absolute atomic E-state index is 0.158. The summed E-state index contributed by atoms with van der Waals surface area (Å²) in [7, 11) is 0. The number of benzene rings is 2. The molecule has 0 fully saturated rings. The molecule has 0 bridgehead atoms. The zero-order chi connectivity index (χ0) is 21.1. The largest absolute Gasteiger partial charge is 0.462 e. The van der Waals surface area contributed by atoms with Crippen molar-refractivity contribution in [1.82, 2.24) is 0 Å². The lowest BCUT2D eigenvalue weighted by atomic mass is 10.2. The van der Waals surface area contributed by atoms with Crippen LogP contribution in [0.3, 0.4) is 0 Å². The quantitative estimate of drug-likeness (QED) is 0.450. The van der Waals surface area contributed by atoms with E-state index in [4.69, 9.17) is 4.42 Å². The molecule has 2 N–H and O–H groups in total. The Balaban J connectivity index is 1.56. The van der Waals surface area contributed by atoms with Gasteiger partial charge in [-0.3, -0.25) is 0 Å². The Labute approximate surface area is 162 Å². The minimum atomic E-state index is -4.43. The molecule has 0 aliphatic rings. The highest BCUT2D eigenvalue weighted by molar-refractivity contribution is 5.47. The third-order valence-corrected chi connectivity index (χ3v) is 4.03. The molecule has 0 saturated heterocycles. The highest BCUT2D eigenvalue weighted by Gasteiger charge is 2.31. The molecule has 29 heavy (non-hydrogen) atoms. The topological polar surface area (TPSA) is 37.2 Å². The molecule has 1 heterocycles. The molecule has 9 heteroatoms. The average molecular weight is 414 g/mol. The fourth-order valence-electron chi connectivity index (χ4n) is 2.60. The smallest absolute Gasteiger partial charge is 0.416 e. The molecule has 2 aromatic carbocycles. The van der Waals surface area contributed by atoms with Crippen LogP contribution in [0.5, 0.6) is 0 Å². The maximum absolute atomic E-state index is 12.7. The molecule has 3 aromatic rings. The van der Waals surface area contributed by atoms with E-state index >= 15 is 0 Å². The van der Waals surface area contributed by atoms with Crippen LogP contribution in [0.15, 0.2) is 65.1 Å². The predicted molar refractivity (Wildman–Crippen MR) is 96.2 cm³/mol. The van der Waals surface area contributed by atoms with E-state index in [0.717, 1.165) is 24.3 Å². The van der Waals surface area contributed by atoms with Gasteiger partial charge in [-0.15, -0.1) is 0 Å². The molecule has 0 radical (unpaired) electrons. The van der Waals surface area contributed by atoms with Gasteiger partial charge in [0.15, 0.2) is 0 Å². The van der Waals surface area contributed by atoms with E-state index < -0.39 is 23.5 Å². The van der Waals surface area contributed by atoms with Crippen LogP contribution in [0, 0.1) is 0 Å². The molecule has 0 spiro atoms. The number of hydrogen-bond donors (Lipinski definition) is 2. The lowest BCUT2D eigenvalue weighted by Gasteiger charge is -2.10. The molecule has 3 nitrogen and oxygen atoms in total. The van der Waals surface area contributed by atoms with Crippen molar-refractivity contribution in [3.8, 4) is 0 Å². The Morgan fingerprint density at radius 1 is 0.621 bits per heavy atom. The zero-order valence-corrected chi connectivity index (χ0v) is 14.9. The monoisotopic (exact) mass is 414 g/mol. The van der Waals surface area contributed by atoms with E-state index in [1.54, 1.807) is 12.1 Å². The van der Waals surface area contributed by atoms with Gasteiger partial charge < -0.3 is 15.1 Å². The summed E-state index contributed by atoms with van der Waals surface area (Å²) < 4.78 is 82.0. The third-order valence-electron chi connectivity index (χ3n) is 4.03. The molecular weight excluding hydrogens is 398 g/mol. The maximum atomic E-state index is 12.7. The summed E-state index contributed by atoms with van der Waals surface area (Å²) in [6.45, 7) is 0.315. The first-order valence-corrected chi connectivity index (χ1v) is 8.51. The summed E-state index contributed by atoms with van der Waals surface area (Å²) in [5.74, 6) is 0.950. The third kappa shape index (κ3) is 5.69. The van der Waals surface area contributed by atoms with Crippen molar-refractivity contribution in [2.75, 3.05) is 10.6 Å². The molecule has 3 rings (SSSR count). The summed E-state index contributed by atoms with van der Waals surface area (Å²) in [5.41, 5.74) is -0.930. The molecule has 154 valence electrons. The fraction of sp³-hybridized carbons (Fsp3) is 0.200. The van der Waals surface area contributed by atoms with Crippen molar-refractivity contribution in [2.45, 2.75) is 25.4 Å². The Bertz CT molecular complexity index is 886. The Hall–Kier alpha value is -3.10.